The lowest BCUT2D eigenvalue weighted by molar-refractivity contribution is 0.142. The zero-order valence-electron chi connectivity index (χ0n) is 12.8. The second-order valence-electron chi connectivity index (χ2n) is 6.81. The fraction of sp³-hybridized carbons (Fsp3) is 1.00. The van der Waals surface area contributed by atoms with Crippen molar-refractivity contribution in [3.05, 3.63) is 0 Å². The van der Waals surface area contributed by atoms with Crippen LogP contribution in [0.25, 0.3) is 0 Å². The minimum atomic E-state index is -2.89. The minimum absolute atomic E-state index is 0.00586. The number of rotatable bonds is 7. The zero-order chi connectivity index (χ0) is 14.6. The summed E-state index contributed by atoms with van der Waals surface area (Å²) in [6.07, 6.45) is 2.36. The highest BCUT2D eigenvalue weighted by atomic mass is 32.2. The number of sulfone groups is 1. The topological polar surface area (TPSA) is 55.4 Å². The summed E-state index contributed by atoms with van der Waals surface area (Å²) in [7, 11) is -2.89. The summed E-state index contributed by atoms with van der Waals surface area (Å²) in [6, 6.07) is 0. The minimum Gasteiger partial charge on any atom is -0.381 e. The van der Waals surface area contributed by atoms with Crippen LogP contribution < -0.4 is 5.32 Å². The Bertz CT molecular complexity index is 365. The van der Waals surface area contributed by atoms with Crippen LogP contribution >= 0.6 is 0 Å². The summed E-state index contributed by atoms with van der Waals surface area (Å²) in [5.74, 6) is 0.590. The van der Waals surface area contributed by atoms with E-state index in [-0.39, 0.29) is 16.7 Å². The maximum atomic E-state index is 11.9. The van der Waals surface area contributed by atoms with Gasteiger partial charge in [-0.15, -0.1) is 0 Å². The molecule has 1 aliphatic heterocycles. The van der Waals surface area contributed by atoms with Gasteiger partial charge in [0.05, 0.1) is 12.4 Å². The van der Waals surface area contributed by atoms with Crippen molar-refractivity contribution in [1.29, 1.82) is 0 Å². The molecular formula is C14H29NO3S. The molecule has 1 aliphatic rings. The molecule has 0 aromatic heterocycles. The van der Waals surface area contributed by atoms with Crippen molar-refractivity contribution in [2.75, 3.05) is 31.3 Å². The molecule has 1 fully saturated rings. The van der Waals surface area contributed by atoms with Crippen LogP contribution in [0.15, 0.2) is 0 Å². The summed E-state index contributed by atoms with van der Waals surface area (Å²) in [5, 5.41) is 3.50. The second kappa shape index (κ2) is 6.55. The van der Waals surface area contributed by atoms with Gasteiger partial charge in [0, 0.05) is 29.9 Å². The summed E-state index contributed by atoms with van der Waals surface area (Å²) in [6.45, 7) is 10.6. The van der Waals surface area contributed by atoms with Gasteiger partial charge in [0.2, 0.25) is 0 Å². The molecule has 0 saturated carbocycles. The van der Waals surface area contributed by atoms with E-state index in [4.69, 9.17) is 4.74 Å². The van der Waals surface area contributed by atoms with Crippen LogP contribution in [-0.2, 0) is 14.6 Å². The van der Waals surface area contributed by atoms with Gasteiger partial charge in [0.15, 0.2) is 0 Å². The Balaban J connectivity index is 2.57. The van der Waals surface area contributed by atoms with Crippen LogP contribution in [0.1, 0.15) is 47.0 Å². The molecule has 114 valence electrons. The molecule has 0 bridgehead atoms. The van der Waals surface area contributed by atoms with Crippen LogP contribution in [0.5, 0.6) is 0 Å². The molecule has 1 saturated heterocycles. The molecule has 5 heteroatoms. The Labute approximate surface area is 118 Å². The van der Waals surface area contributed by atoms with Crippen molar-refractivity contribution < 1.29 is 13.2 Å². The van der Waals surface area contributed by atoms with E-state index in [0.29, 0.717) is 25.2 Å². The Morgan fingerprint density at radius 3 is 2.42 bits per heavy atom. The molecule has 1 unspecified atom stereocenters. The van der Waals surface area contributed by atoms with Crippen molar-refractivity contribution in [2.24, 2.45) is 5.41 Å². The molecule has 19 heavy (non-hydrogen) atoms. The highest BCUT2D eigenvalue weighted by Gasteiger charge is 2.36. The maximum Gasteiger partial charge on any atom is 0.150 e. The first-order valence-electron chi connectivity index (χ1n) is 7.21. The van der Waals surface area contributed by atoms with E-state index in [2.05, 4.69) is 26.1 Å². The molecule has 0 aromatic carbocycles. The average molecular weight is 291 g/mol. The van der Waals surface area contributed by atoms with E-state index in [0.717, 1.165) is 19.6 Å². The van der Waals surface area contributed by atoms with Crippen LogP contribution in [0, 0.1) is 5.41 Å². The molecule has 0 radical (unpaired) electrons. The van der Waals surface area contributed by atoms with E-state index in [1.807, 2.05) is 6.92 Å². The molecule has 1 rings (SSSR count). The van der Waals surface area contributed by atoms with Gasteiger partial charge in [-0.1, -0.05) is 6.92 Å². The standard InChI is InChI=1S/C14H29NO3S/c1-5-9-19(16,17)10-7-14(6-8-18-12-14)11-15-13(2,3)4/h15H,5-12H2,1-4H3. The fourth-order valence-corrected chi connectivity index (χ4v) is 3.88. The van der Waals surface area contributed by atoms with Crippen molar-refractivity contribution in [3.8, 4) is 0 Å². The number of hydrogen-bond acceptors (Lipinski definition) is 4. The van der Waals surface area contributed by atoms with Gasteiger partial charge in [0.1, 0.15) is 9.84 Å². The van der Waals surface area contributed by atoms with Crippen molar-refractivity contribution >= 4 is 9.84 Å². The quantitative estimate of drug-likeness (QED) is 0.779. The smallest absolute Gasteiger partial charge is 0.150 e. The summed E-state index contributed by atoms with van der Waals surface area (Å²) in [5.41, 5.74) is 0.0476. The first-order chi connectivity index (χ1) is 8.68. The van der Waals surface area contributed by atoms with Gasteiger partial charge in [-0.25, -0.2) is 8.42 Å². The van der Waals surface area contributed by atoms with Gasteiger partial charge in [0.25, 0.3) is 0 Å². The predicted octanol–water partition coefficient (Wildman–Crippen LogP) is 2.00. The molecule has 0 spiro atoms. The van der Waals surface area contributed by atoms with Crippen LogP contribution in [0.3, 0.4) is 0 Å². The van der Waals surface area contributed by atoms with Crippen molar-refractivity contribution in [2.45, 2.75) is 52.5 Å². The molecule has 4 nitrogen and oxygen atoms in total. The van der Waals surface area contributed by atoms with E-state index in [1.54, 1.807) is 0 Å². The van der Waals surface area contributed by atoms with Crippen molar-refractivity contribution in [3.63, 3.8) is 0 Å². The normalized spacial score (nSPS) is 24.8. The lowest BCUT2D eigenvalue weighted by Gasteiger charge is -2.32. The van der Waals surface area contributed by atoms with E-state index in [9.17, 15) is 8.42 Å². The Morgan fingerprint density at radius 2 is 1.95 bits per heavy atom. The van der Waals surface area contributed by atoms with Crippen LogP contribution in [0.4, 0.5) is 0 Å². The number of hydrogen-bond donors (Lipinski definition) is 1. The third-order valence-electron chi connectivity index (χ3n) is 3.64. The van der Waals surface area contributed by atoms with Gasteiger partial charge in [-0.05, 0) is 40.0 Å². The molecule has 1 N–H and O–H groups in total. The van der Waals surface area contributed by atoms with Gasteiger partial charge in [-0.2, -0.15) is 0 Å². The maximum absolute atomic E-state index is 11.9. The lowest BCUT2D eigenvalue weighted by atomic mass is 9.83. The predicted molar refractivity (Wildman–Crippen MR) is 79.2 cm³/mol. The highest BCUT2D eigenvalue weighted by Crippen LogP contribution is 2.33. The highest BCUT2D eigenvalue weighted by molar-refractivity contribution is 7.91. The molecule has 0 amide bonds. The Kier molecular flexibility index (Phi) is 5.83. The Morgan fingerprint density at radius 1 is 1.26 bits per heavy atom. The second-order valence-corrected chi connectivity index (χ2v) is 9.11. The first-order valence-corrected chi connectivity index (χ1v) is 9.03. The summed E-state index contributed by atoms with van der Waals surface area (Å²) < 4.78 is 29.3. The van der Waals surface area contributed by atoms with Gasteiger partial charge in [-0.3, -0.25) is 0 Å². The van der Waals surface area contributed by atoms with E-state index < -0.39 is 9.84 Å². The molecule has 0 aromatic rings. The monoisotopic (exact) mass is 291 g/mol. The zero-order valence-corrected chi connectivity index (χ0v) is 13.6. The van der Waals surface area contributed by atoms with E-state index >= 15 is 0 Å². The lowest BCUT2D eigenvalue weighted by Crippen LogP contribution is -2.45. The largest absolute Gasteiger partial charge is 0.381 e. The van der Waals surface area contributed by atoms with Crippen molar-refractivity contribution in [1.82, 2.24) is 5.32 Å². The molecule has 1 atom stereocenters. The Hall–Kier alpha value is -0.130. The number of ether oxygens (including phenoxy) is 1. The third kappa shape index (κ3) is 6.23. The third-order valence-corrected chi connectivity index (χ3v) is 5.49. The van der Waals surface area contributed by atoms with Gasteiger partial charge < -0.3 is 10.1 Å². The number of nitrogens with one attached hydrogen (secondary N) is 1. The van der Waals surface area contributed by atoms with E-state index in [1.165, 1.54) is 0 Å². The molecular weight excluding hydrogens is 262 g/mol. The molecule has 1 heterocycles. The SMILES string of the molecule is CCCS(=O)(=O)CCC1(CNC(C)(C)C)CCOC1. The molecule has 0 aliphatic carbocycles. The van der Waals surface area contributed by atoms with Crippen LogP contribution in [-0.4, -0.2) is 45.2 Å². The fourth-order valence-electron chi connectivity index (χ4n) is 2.31. The first kappa shape index (κ1) is 16.9. The summed E-state index contributed by atoms with van der Waals surface area (Å²) in [4.78, 5) is 0. The summed E-state index contributed by atoms with van der Waals surface area (Å²) >= 11 is 0. The van der Waals surface area contributed by atoms with Gasteiger partial charge >= 0.3 is 0 Å². The average Bonchev–Trinajstić information content (AvgIpc) is 2.73. The van der Waals surface area contributed by atoms with Crippen LogP contribution in [0.2, 0.25) is 0 Å².